The number of nitrogens with zero attached hydrogens (tertiary/aromatic N) is 2. The Morgan fingerprint density at radius 1 is 1.12 bits per heavy atom. The molecule has 1 heterocycles. The van der Waals surface area contributed by atoms with Crippen molar-refractivity contribution in [1.82, 2.24) is 5.32 Å². The lowest BCUT2D eigenvalue weighted by Crippen LogP contribution is -2.54. The molecule has 0 saturated carbocycles. The second-order valence-electron chi connectivity index (χ2n) is 6.94. The van der Waals surface area contributed by atoms with Gasteiger partial charge in [-0.3, -0.25) is 14.9 Å². The van der Waals surface area contributed by atoms with Crippen LogP contribution in [-0.2, 0) is 9.59 Å². The summed E-state index contributed by atoms with van der Waals surface area (Å²) in [5.41, 5.74) is 2.39. The number of anilines is 1. The lowest BCUT2D eigenvalue weighted by Gasteiger charge is -2.27. The van der Waals surface area contributed by atoms with Gasteiger partial charge in [-0.05, 0) is 67.8 Å². The molecule has 32 heavy (non-hydrogen) atoms. The van der Waals surface area contributed by atoms with Gasteiger partial charge in [0.05, 0.1) is 17.3 Å². The summed E-state index contributed by atoms with van der Waals surface area (Å²) in [6, 6.07) is 9.16. The van der Waals surface area contributed by atoms with E-state index >= 15 is 0 Å². The number of benzene rings is 2. The molecule has 0 spiro atoms. The summed E-state index contributed by atoms with van der Waals surface area (Å²) in [6.07, 6.45) is 1.32. The highest BCUT2D eigenvalue weighted by molar-refractivity contribution is 6.39. The number of nitrogens with one attached hydrogen (secondary N) is 1. The standard InChI is InChI=1S/C23H20ClN3O5/c1-4-31-19-12-15(11-18(24)20(19)32-8-7-25)10-17-21(28)26-23(30)27(22(17)29)16-6-5-13(2)14(3)9-16/h5-6,9-12H,4,8H2,1-3H3,(H,26,28,30)/b17-10+. The third-order valence-electron chi connectivity index (χ3n) is 4.77. The van der Waals surface area contributed by atoms with Gasteiger partial charge in [-0.1, -0.05) is 17.7 Å². The first-order valence-corrected chi connectivity index (χ1v) is 10.1. The number of rotatable bonds is 6. The fourth-order valence-corrected chi connectivity index (χ4v) is 3.38. The fourth-order valence-electron chi connectivity index (χ4n) is 3.10. The molecule has 4 amide bonds. The zero-order valence-corrected chi connectivity index (χ0v) is 18.4. The van der Waals surface area contributed by atoms with E-state index in [9.17, 15) is 14.4 Å². The van der Waals surface area contributed by atoms with Crippen molar-refractivity contribution in [3.8, 4) is 17.6 Å². The number of amides is 4. The number of halogens is 1. The maximum absolute atomic E-state index is 13.1. The summed E-state index contributed by atoms with van der Waals surface area (Å²) in [6.45, 7) is 5.61. The minimum absolute atomic E-state index is 0.142. The Morgan fingerprint density at radius 2 is 1.88 bits per heavy atom. The van der Waals surface area contributed by atoms with Crippen molar-refractivity contribution in [2.24, 2.45) is 0 Å². The molecule has 0 atom stereocenters. The number of hydrogen-bond acceptors (Lipinski definition) is 6. The largest absolute Gasteiger partial charge is 0.490 e. The van der Waals surface area contributed by atoms with Crippen LogP contribution >= 0.6 is 11.6 Å². The first-order valence-electron chi connectivity index (χ1n) is 9.71. The Bertz CT molecular complexity index is 1180. The number of ether oxygens (including phenoxy) is 2. The predicted molar refractivity (Wildman–Crippen MR) is 119 cm³/mol. The van der Waals surface area contributed by atoms with Gasteiger partial charge in [-0.25, -0.2) is 9.69 Å². The predicted octanol–water partition coefficient (Wildman–Crippen LogP) is 3.92. The topological polar surface area (TPSA) is 109 Å². The van der Waals surface area contributed by atoms with Crippen molar-refractivity contribution in [1.29, 1.82) is 5.26 Å². The van der Waals surface area contributed by atoms with Gasteiger partial charge in [-0.2, -0.15) is 5.26 Å². The van der Waals surface area contributed by atoms with Crippen molar-refractivity contribution in [3.63, 3.8) is 0 Å². The van der Waals surface area contributed by atoms with Crippen molar-refractivity contribution >= 4 is 41.2 Å². The van der Waals surface area contributed by atoms with Crippen LogP contribution in [0.15, 0.2) is 35.9 Å². The molecule has 2 aromatic carbocycles. The molecule has 0 bridgehead atoms. The monoisotopic (exact) mass is 453 g/mol. The Kier molecular flexibility index (Phi) is 6.81. The number of carbonyl (C=O) groups excluding carboxylic acids is 3. The number of imide groups is 2. The summed E-state index contributed by atoms with van der Waals surface area (Å²) in [4.78, 5) is 38.9. The van der Waals surface area contributed by atoms with E-state index in [0.717, 1.165) is 16.0 Å². The van der Waals surface area contributed by atoms with Crippen molar-refractivity contribution in [3.05, 3.63) is 57.6 Å². The van der Waals surface area contributed by atoms with Gasteiger partial charge in [0.1, 0.15) is 11.6 Å². The van der Waals surface area contributed by atoms with E-state index in [-0.39, 0.29) is 28.7 Å². The van der Waals surface area contributed by atoms with E-state index in [1.165, 1.54) is 18.2 Å². The molecule has 1 fully saturated rings. The molecule has 8 nitrogen and oxygen atoms in total. The van der Waals surface area contributed by atoms with E-state index in [1.807, 2.05) is 19.9 Å². The fraction of sp³-hybridized carbons (Fsp3) is 0.217. The van der Waals surface area contributed by atoms with Crippen molar-refractivity contribution < 1.29 is 23.9 Å². The molecular weight excluding hydrogens is 434 g/mol. The van der Waals surface area contributed by atoms with Crippen LogP contribution in [0.1, 0.15) is 23.6 Å². The quantitative estimate of drug-likeness (QED) is 0.524. The Labute approximate surface area is 190 Å². The maximum Gasteiger partial charge on any atom is 0.335 e. The number of hydrogen-bond donors (Lipinski definition) is 1. The van der Waals surface area contributed by atoms with Crippen LogP contribution in [0.25, 0.3) is 6.08 Å². The van der Waals surface area contributed by atoms with E-state index in [4.69, 9.17) is 26.3 Å². The average Bonchev–Trinajstić information content (AvgIpc) is 2.73. The van der Waals surface area contributed by atoms with Crippen LogP contribution in [0, 0.1) is 25.2 Å². The summed E-state index contributed by atoms with van der Waals surface area (Å²) < 4.78 is 10.9. The molecule has 1 aliphatic rings. The molecule has 2 aromatic rings. The molecule has 3 rings (SSSR count). The summed E-state index contributed by atoms with van der Waals surface area (Å²) in [5, 5.41) is 11.1. The number of urea groups is 1. The SMILES string of the molecule is CCOc1cc(/C=C2\C(=O)NC(=O)N(c3ccc(C)c(C)c3)C2=O)cc(Cl)c1OCC#N. The molecule has 1 aliphatic heterocycles. The zero-order valence-electron chi connectivity index (χ0n) is 17.7. The van der Waals surface area contributed by atoms with Crippen molar-refractivity contribution in [2.75, 3.05) is 18.1 Å². The van der Waals surface area contributed by atoms with Gasteiger partial charge in [0.15, 0.2) is 18.1 Å². The van der Waals surface area contributed by atoms with Gasteiger partial charge < -0.3 is 9.47 Å². The van der Waals surface area contributed by atoms with Crippen LogP contribution < -0.4 is 19.7 Å². The van der Waals surface area contributed by atoms with E-state index in [1.54, 1.807) is 25.1 Å². The molecular formula is C23H20ClN3O5. The number of nitriles is 1. The van der Waals surface area contributed by atoms with Crippen molar-refractivity contribution in [2.45, 2.75) is 20.8 Å². The molecule has 1 N–H and O–H groups in total. The van der Waals surface area contributed by atoms with Crippen LogP contribution in [0.4, 0.5) is 10.5 Å². The lowest BCUT2D eigenvalue weighted by atomic mass is 10.0. The Hall–Kier alpha value is -3.83. The summed E-state index contributed by atoms with van der Waals surface area (Å²) in [7, 11) is 0. The molecule has 164 valence electrons. The summed E-state index contributed by atoms with van der Waals surface area (Å²) in [5.74, 6) is -1.14. The molecule has 0 radical (unpaired) electrons. The lowest BCUT2D eigenvalue weighted by molar-refractivity contribution is -0.122. The van der Waals surface area contributed by atoms with E-state index in [0.29, 0.717) is 17.9 Å². The van der Waals surface area contributed by atoms with Gasteiger partial charge in [-0.15, -0.1) is 0 Å². The van der Waals surface area contributed by atoms with E-state index < -0.39 is 17.8 Å². The second kappa shape index (κ2) is 9.54. The maximum atomic E-state index is 13.1. The molecule has 9 heteroatoms. The highest BCUT2D eigenvalue weighted by Crippen LogP contribution is 2.37. The van der Waals surface area contributed by atoms with Crippen LogP contribution in [-0.4, -0.2) is 31.1 Å². The smallest absolute Gasteiger partial charge is 0.335 e. The molecule has 0 aromatic heterocycles. The first kappa shape index (κ1) is 22.8. The summed E-state index contributed by atoms with van der Waals surface area (Å²) >= 11 is 6.28. The average molecular weight is 454 g/mol. The minimum Gasteiger partial charge on any atom is -0.490 e. The van der Waals surface area contributed by atoms with Crippen LogP contribution in [0.3, 0.4) is 0 Å². The highest BCUT2D eigenvalue weighted by Gasteiger charge is 2.37. The van der Waals surface area contributed by atoms with Crippen LogP contribution in [0.2, 0.25) is 5.02 Å². The zero-order chi connectivity index (χ0) is 23.4. The number of aryl methyl sites for hydroxylation is 2. The molecule has 1 saturated heterocycles. The highest BCUT2D eigenvalue weighted by atomic mass is 35.5. The van der Waals surface area contributed by atoms with Gasteiger partial charge in [0.25, 0.3) is 11.8 Å². The van der Waals surface area contributed by atoms with Gasteiger partial charge >= 0.3 is 6.03 Å². The third kappa shape index (κ3) is 4.58. The molecule has 0 aliphatic carbocycles. The van der Waals surface area contributed by atoms with E-state index in [2.05, 4.69) is 5.32 Å². The second-order valence-corrected chi connectivity index (χ2v) is 7.34. The third-order valence-corrected chi connectivity index (χ3v) is 5.05. The van der Waals surface area contributed by atoms with Gasteiger partial charge in [0.2, 0.25) is 0 Å². The first-order chi connectivity index (χ1) is 15.3. The Balaban J connectivity index is 2.03. The normalized spacial score (nSPS) is 14.9. The van der Waals surface area contributed by atoms with Crippen LogP contribution in [0.5, 0.6) is 11.5 Å². The minimum atomic E-state index is -0.825. The number of carbonyl (C=O) groups is 3. The van der Waals surface area contributed by atoms with Gasteiger partial charge in [0, 0.05) is 0 Å². The Morgan fingerprint density at radius 3 is 2.53 bits per heavy atom. The molecule has 0 unspecified atom stereocenters. The number of barbiturate groups is 1.